The lowest BCUT2D eigenvalue weighted by Crippen LogP contribution is -2.29. The van der Waals surface area contributed by atoms with E-state index in [-0.39, 0.29) is 0 Å². The van der Waals surface area contributed by atoms with Gasteiger partial charge in [-0.05, 0) is 31.5 Å². The Labute approximate surface area is 83.0 Å². The summed E-state index contributed by atoms with van der Waals surface area (Å²) in [5.74, 6) is -0.959. The summed E-state index contributed by atoms with van der Waals surface area (Å²) >= 11 is 0. The molecule has 1 atom stereocenters. The molecule has 0 heterocycles. The second-order valence-electron chi connectivity index (χ2n) is 2.89. The molecule has 1 unspecified atom stereocenters. The molecule has 0 aliphatic heterocycles. The van der Waals surface area contributed by atoms with Gasteiger partial charge in [0, 0.05) is 6.54 Å². The van der Waals surface area contributed by atoms with Crippen LogP contribution in [-0.4, -0.2) is 29.9 Å². The van der Waals surface area contributed by atoms with Crippen molar-refractivity contribution in [1.29, 1.82) is 0 Å². The number of rotatable bonds is 8. The van der Waals surface area contributed by atoms with Crippen LogP contribution in [0.3, 0.4) is 0 Å². The van der Waals surface area contributed by atoms with Crippen molar-refractivity contribution in [2.75, 3.05) is 6.54 Å². The number of carbonyl (C=O) groups is 2. The normalized spacial score (nSPS) is 12.6. The van der Waals surface area contributed by atoms with E-state index in [9.17, 15) is 9.59 Å². The summed E-state index contributed by atoms with van der Waals surface area (Å²) < 4.78 is 0. The van der Waals surface area contributed by atoms with Crippen LogP contribution in [-0.2, 0) is 9.59 Å². The van der Waals surface area contributed by atoms with E-state index in [0.717, 1.165) is 19.4 Å². The van der Waals surface area contributed by atoms with Gasteiger partial charge in [-0.1, -0.05) is 0 Å². The maximum Gasteiger partial charge on any atom is 0.320 e. The van der Waals surface area contributed by atoms with Crippen molar-refractivity contribution in [3.8, 4) is 0 Å². The minimum atomic E-state index is -0.959. The highest BCUT2D eigenvalue weighted by Crippen LogP contribution is 1.97. The minimum Gasteiger partial charge on any atom is -0.480 e. The average Bonchev–Trinajstić information content (AvgIpc) is 2.16. The lowest BCUT2D eigenvalue weighted by Gasteiger charge is -2.05. The van der Waals surface area contributed by atoms with Crippen molar-refractivity contribution in [2.24, 2.45) is 5.73 Å². The van der Waals surface area contributed by atoms with Crippen LogP contribution in [0, 0.1) is 0 Å². The third kappa shape index (κ3) is 7.30. The molecule has 0 spiro atoms. The molecule has 0 aromatic carbocycles. The number of carbonyl (C=O) groups excluding carboxylic acids is 1. The number of aldehydes is 1. The van der Waals surface area contributed by atoms with Gasteiger partial charge in [-0.25, -0.2) is 0 Å². The van der Waals surface area contributed by atoms with Gasteiger partial charge >= 0.3 is 5.97 Å². The number of hydrogen-bond donors (Lipinski definition) is 3. The lowest BCUT2D eigenvalue weighted by molar-refractivity contribution is -0.138. The largest absolute Gasteiger partial charge is 0.480 e. The number of carboxylic acid groups (broad SMARTS) is 1. The third-order valence-electron chi connectivity index (χ3n) is 1.70. The van der Waals surface area contributed by atoms with Gasteiger partial charge < -0.3 is 16.2 Å². The first kappa shape index (κ1) is 12.6. The van der Waals surface area contributed by atoms with Gasteiger partial charge in [-0.15, -0.1) is 0 Å². The maximum absolute atomic E-state index is 10.3. The van der Waals surface area contributed by atoms with Crippen LogP contribution >= 0.6 is 0 Å². The van der Waals surface area contributed by atoms with Gasteiger partial charge in [0.2, 0.25) is 0 Å². The van der Waals surface area contributed by atoms with Crippen LogP contribution in [0.4, 0.5) is 0 Å². The first-order valence-corrected chi connectivity index (χ1v) is 4.50. The van der Waals surface area contributed by atoms with Crippen molar-refractivity contribution in [3.63, 3.8) is 0 Å². The molecule has 80 valence electrons. The van der Waals surface area contributed by atoms with E-state index in [4.69, 9.17) is 10.8 Å². The molecule has 5 heteroatoms. The van der Waals surface area contributed by atoms with Crippen LogP contribution in [0.15, 0.2) is 12.3 Å². The fourth-order valence-corrected chi connectivity index (χ4v) is 0.905. The lowest BCUT2D eigenvalue weighted by atomic mass is 10.1. The molecule has 0 aliphatic carbocycles. The topological polar surface area (TPSA) is 92.4 Å². The number of aliphatic carboxylic acids is 1. The molecule has 0 saturated carbocycles. The molecule has 0 rings (SSSR count). The zero-order valence-electron chi connectivity index (χ0n) is 7.98. The van der Waals surface area contributed by atoms with Crippen molar-refractivity contribution in [3.05, 3.63) is 12.3 Å². The second-order valence-corrected chi connectivity index (χ2v) is 2.89. The number of nitrogens with two attached hydrogens (primary N) is 1. The van der Waals surface area contributed by atoms with Gasteiger partial charge in [0.15, 0.2) is 0 Å². The van der Waals surface area contributed by atoms with E-state index in [1.165, 1.54) is 6.08 Å². The minimum absolute atomic E-state index is 0.481. The molecule has 0 aromatic rings. The SMILES string of the molecule is NC(CCCCN/C=C/C=O)C(=O)O. The van der Waals surface area contributed by atoms with Crippen LogP contribution in [0.5, 0.6) is 0 Å². The first-order chi connectivity index (χ1) is 6.68. The summed E-state index contributed by atoms with van der Waals surface area (Å²) in [6.07, 6.45) is 5.69. The van der Waals surface area contributed by atoms with Crippen LogP contribution < -0.4 is 11.1 Å². The molecule has 14 heavy (non-hydrogen) atoms. The molecule has 0 amide bonds. The van der Waals surface area contributed by atoms with E-state index < -0.39 is 12.0 Å². The molecule has 0 aliphatic rings. The summed E-state index contributed by atoms with van der Waals surface area (Å²) in [5, 5.41) is 11.4. The fourth-order valence-electron chi connectivity index (χ4n) is 0.905. The number of allylic oxidation sites excluding steroid dienone is 1. The quantitative estimate of drug-likeness (QED) is 0.288. The maximum atomic E-state index is 10.3. The highest BCUT2D eigenvalue weighted by Gasteiger charge is 2.09. The van der Waals surface area contributed by atoms with Gasteiger partial charge in [-0.3, -0.25) is 9.59 Å². The molecule has 0 fully saturated rings. The van der Waals surface area contributed by atoms with E-state index in [0.29, 0.717) is 12.7 Å². The molecule has 0 radical (unpaired) electrons. The number of nitrogens with one attached hydrogen (secondary N) is 1. The van der Waals surface area contributed by atoms with E-state index >= 15 is 0 Å². The van der Waals surface area contributed by atoms with Crippen molar-refractivity contribution < 1.29 is 14.7 Å². The van der Waals surface area contributed by atoms with Crippen LogP contribution in [0.2, 0.25) is 0 Å². The average molecular weight is 200 g/mol. The predicted molar refractivity (Wildman–Crippen MR) is 52.7 cm³/mol. The Bertz CT molecular complexity index is 204. The number of unbranched alkanes of at least 4 members (excludes halogenated alkanes) is 1. The molecule has 0 aromatic heterocycles. The molecular weight excluding hydrogens is 184 g/mol. The van der Waals surface area contributed by atoms with Gasteiger partial charge in [0.1, 0.15) is 12.3 Å². The Balaban J connectivity index is 3.25. The number of hydrogen-bond acceptors (Lipinski definition) is 4. The Hall–Kier alpha value is -1.36. The monoisotopic (exact) mass is 200 g/mol. The molecule has 5 nitrogen and oxygen atoms in total. The van der Waals surface area contributed by atoms with Gasteiger partial charge in [-0.2, -0.15) is 0 Å². The molecule has 4 N–H and O–H groups in total. The predicted octanol–water partition coefficient (Wildman–Crippen LogP) is -0.129. The molecule has 0 saturated heterocycles. The highest BCUT2D eigenvalue weighted by molar-refractivity contribution is 5.72. The van der Waals surface area contributed by atoms with Crippen LogP contribution in [0.1, 0.15) is 19.3 Å². The van der Waals surface area contributed by atoms with Gasteiger partial charge in [0.05, 0.1) is 0 Å². The summed E-state index contributed by atoms with van der Waals surface area (Å²) in [6.45, 7) is 0.719. The second kappa shape index (κ2) is 8.25. The Morgan fingerprint density at radius 2 is 2.21 bits per heavy atom. The third-order valence-corrected chi connectivity index (χ3v) is 1.70. The zero-order valence-corrected chi connectivity index (χ0v) is 7.98. The summed E-state index contributed by atoms with van der Waals surface area (Å²) in [7, 11) is 0. The smallest absolute Gasteiger partial charge is 0.320 e. The van der Waals surface area contributed by atoms with Crippen molar-refractivity contribution >= 4 is 12.3 Å². The summed E-state index contributed by atoms with van der Waals surface area (Å²) in [4.78, 5) is 20.2. The van der Waals surface area contributed by atoms with E-state index in [1.54, 1.807) is 6.20 Å². The van der Waals surface area contributed by atoms with E-state index in [1.807, 2.05) is 0 Å². The molecule has 0 bridgehead atoms. The Kier molecular flexibility index (Phi) is 7.45. The number of carboxylic acids is 1. The fraction of sp³-hybridized carbons (Fsp3) is 0.556. The van der Waals surface area contributed by atoms with Crippen molar-refractivity contribution in [2.45, 2.75) is 25.3 Å². The van der Waals surface area contributed by atoms with Crippen LogP contribution in [0.25, 0.3) is 0 Å². The summed E-state index contributed by atoms with van der Waals surface area (Å²) in [6, 6.07) is -0.763. The van der Waals surface area contributed by atoms with E-state index in [2.05, 4.69) is 5.32 Å². The summed E-state index contributed by atoms with van der Waals surface area (Å²) in [5.41, 5.74) is 5.30. The zero-order chi connectivity index (χ0) is 10.8. The Morgan fingerprint density at radius 3 is 2.79 bits per heavy atom. The van der Waals surface area contributed by atoms with Crippen molar-refractivity contribution in [1.82, 2.24) is 5.32 Å². The molecular formula is C9H16N2O3. The van der Waals surface area contributed by atoms with Gasteiger partial charge in [0.25, 0.3) is 0 Å². The highest BCUT2D eigenvalue weighted by atomic mass is 16.4. The first-order valence-electron chi connectivity index (χ1n) is 4.50. The standard InChI is InChI=1S/C9H16N2O3/c10-8(9(13)14)4-1-2-5-11-6-3-7-12/h3,6-8,11H,1-2,4-5,10H2,(H,13,14)/b6-3+. The Morgan fingerprint density at radius 1 is 1.50 bits per heavy atom.